The van der Waals surface area contributed by atoms with Gasteiger partial charge < -0.3 is 14.8 Å². The molecule has 1 aliphatic heterocycles. The number of hydrazine groups is 1. The van der Waals surface area contributed by atoms with E-state index in [1.54, 1.807) is 32.4 Å². The van der Waals surface area contributed by atoms with Gasteiger partial charge in [-0.3, -0.25) is 10.2 Å². The minimum Gasteiger partial charge on any atom is -0.493 e. The predicted octanol–water partition coefficient (Wildman–Crippen LogP) is 1.68. The van der Waals surface area contributed by atoms with Gasteiger partial charge in [0.15, 0.2) is 11.5 Å². The average Bonchev–Trinajstić information content (AvgIpc) is 2.96. The molecular weight excluding hydrogens is 270 g/mol. The van der Waals surface area contributed by atoms with E-state index in [1.165, 1.54) is 0 Å². The maximum Gasteiger partial charge on any atom is 0.242 e. The molecule has 1 amide bonds. The standard InChI is InChI=1S/C15H23N3O3/c1-4-5-11-8-12(18-17-11)15(19)16-10-6-7-13(20-2)14(9-10)21-3/h6-7,9,11-12,17-18H,4-5,8H2,1-3H3,(H,16,19). The molecule has 1 aromatic rings. The van der Waals surface area contributed by atoms with Crippen molar-refractivity contribution in [3.8, 4) is 11.5 Å². The van der Waals surface area contributed by atoms with Gasteiger partial charge in [0.1, 0.15) is 6.04 Å². The summed E-state index contributed by atoms with van der Waals surface area (Å²) >= 11 is 0. The van der Waals surface area contributed by atoms with Crippen LogP contribution < -0.4 is 25.6 Å². The molecule has 1 fully saturated rings. The van der Waals surface area contributed by atoms with Crippen molar-refractivity contribution in [3.05, 3.63) is 18.2 Å². The third kappa shape index (κ3) is 3.86. The van der Waals surface area contributed by atoms with Crippen LogP contribution in [0.4, 0.5) is 5.69 Å². The van der Waals surface area contributed by atoms with Crippen LogP contribution in [0.25, 0.3) is 0 Å². The number of anilines is 1. The quantitative estimate of drug-likeness (QED) is 0.744. The van der Waals surface area contributed by atoms with Crippen LogP contribution in [0.2, 0.25) is 0 Å². The van der Waals surface area contributed by atoms with Crippen LogP contribution in [-0.4, -0.2) is 32.2 Å². The number of carbonyl (C=O) groups is 1. The van der Waals surface area contributed by atoms with Crippen molar-refractivity contribution in [2.75, 3.05) is 19.5 Å². The van der Waals surface area contributed by atoms with Gasteiger partial charge in [0.2, 0.25) is 5.91 Å². The molecule has 0 aromatic heterocycles. The molecule has 116 valence electrons. The first-order valence-corrected chi connectivity index (χ1v) is 7.21. The summed E-state index contributed by atoms with van der Waals surface area (Å²) in [7, 11) is 3.15. The molecule has 0 spiro atoms. The third-order valence-corrected chi connectivity index (χ3v) is 3.59. The zero-order valence-corrected chi connectivity index (χ0v) is 12.7. The van der Waals surface area contributed by atoms with Gasteiger partial charge in [-0.05, 0) is 25.0 Å². The van der Waals surface area contributed by atoms with Gasteiger partial charge >= 0.3 is 0 Å². The number of benzene rings is 1. The number of carbonyl (C=O) groups excluding carboxylic acids is 1. The minimum absolute atomic E-state index is 0.0478. The van der Waals surface area contributed by atoms with Crippen molar-refractivity contribution in [1.82, 2.24) is 10.9 Å². The van der Waals surface area contributed by atoms with Crippen molar-refractivity contribution < 1.29 is 14.3 Å². The Balaban J connectivity index is 1.97. The normalized spacial score (nSPS) is 21.1. The fourth-order valence-electron chi connectivity index (χ4n) is 2.48. The molecule has 21 heavy (non-hydrogen) atoms. The molecule has 3 N–H and O–H groups in total. The number of rotatable bonds is 6. The summed E-state index contributed by atoms with van der Waals surface area (Å²) in [5.41, 5.74) is 6.90. The summed E-state index contributed by atoms with van der Waals surface area (Å²) in [6, 6.07) is 5.47. The second-order valence-electron chi connectivity index (χ2n) is 5.12. The predicted molar refractivity (Wildman–Crippen MR) is 81.5 cm³/mol. The van der Waals surface area contributed by atoms with Gasteiger partial charge in [-0.2, -0.15) is 0 Å². The Hall–Kier alpha value is -1.79. The van der Waals surface area contributed by atoms with Crippen molar-refractivity contribution in [3.63, 3.8) is 0 Å². The number of amides is 1. The highest BCUT2D eigenvalue weighted by Gasteiger charge is 2.28. The summed E-state index contributed by atoms with van der Waals surface area (Å²) in [5, 5.41) is 2.90. The lowest BCUT2D eigenvalue weighted by Crippen LogP contribution is -2.40. The highest BCUT2D eigenvalue weighted by molar-refractivity contribution is 5.95. The van der Waals surface area contributed by atoms with E-state index in [0.717, 1.165) is 19.3 Å². The van der Waals surface area contributed by atoms with Crippen molar-refractivity contribution in [2.45, 2.75) is 38.3 Å². The Kier molecular flexibility index (Phi) is 5.41. The lowest BCUT2D eigenvalue weighted by molar-refractivity contribution is -0.117. The lowest BCUT2D eigenvalue weighted by atomic mass is 10.1. The van der Waals surface area contributed by atoms with Crippen LogP contribution in [0.15, 0.2) is 18.2 Å². The molecule has 0 aliphatic carbocycles. The molecular formula is C15H23N3O3. The number of ether oxygens (including phenoxy) is 2. The SMILES string of the molecule is CCCC1CC(C(=O)Nc2ccc(OC)c(OC)c2)NN1. The Labute approximate surface area is 125 Å². The maximum atomic E-state index is 12.2. The Morgan fingerprint density at radius 3 is 2.71 bits per heavy atom. The van der Waals surface area contributed by atoms with E-state index in [0.29, 0.717) is 23.2 Å². The van der Waals surface area contributed by atoms with E-state index < -0.39 is 0 Å². The van der Waals surface area contributed by atoms with E-state index in [2.05, 4.69) is 23.1 Å². The number of methoxy groups -OCH3 is 2. The molecule has 6 heteroatoms. The molecule has 0 bridgehead atoms. The van der Waals surface area contributed by atoms with E-state index >= 15 is 0 Å². The highest BCUT2D eigenvalue weighted by Crippen LogP contribution is 2.29. The maximum absolute atomic E-state index is 12.2. The van der Waals surface area contributed by atoms with Crippen molar-refractivity contribution in [1.29, 1.82) is 0 Å². The average molecular weight is 293 g/mol. The van der Waals surface area contributed by atoms with Crippen molar-refractivity contribution >= 4 is 11.6 Å². The molecule has 1 saturated heterocycles. The summed E-state index contributed by atoms with van der Waals surface area (Å²) in [6.07, 6.45) is 2.96. The number of nitrogens with one attached hydrogen (secondary N) is 3. The highest BCUT2D eigenvalue weighted by atomic mass is 16.5. The Bertz CT molecular complexity index is 493. The molecule has 2 atom stereocenters. The van der Waals surface area contributed by atoms with Crippen LogP contribution >= 0.6 is 0 Å². The zero-order valence-electron chi connectivity index (χ0n) is 12.7. The first-order valence-electron chi connectivity index (χ1n) is 7.21. The zero-order chi connectivity index (χ0) is 15.2. The monoisotopic (exact) mass is 293 g/mol. The number of hydrogen-bond acceptors (Lipinski definition) is 5. The van der Waals surface area contributed by atoms with Gasteiger partial charge in [-0.25, -0.2) is 5.43 Å². The van der Waals surface area contributed by atoms with Crippen LogP contribution in [0.5, 0.6) is 11.5 Å². The molecule has 6 nitrogen and oxygen atoms in total. The van der Waals surface area contributed by atoms with Gasteiger partial charge in [-0.15, -0.1) is 0 Å². The summed E-state index contributed by atoms with van der Waals surface area (Å²) in [5.74, 6) is 1.18. The van der Waals surface area contributed by atoms with Gasteiger partial charge in [0.05, 0.1) is 14.2 Å². The van der Waals surface area contributed by atoms with Gasteiger partial charge in [0.25, 0.3) is 0 Å². The van der Waals surface area contributed by atoms with E-state index in [4.69, 9.17) is 9.47 Å². The second-order valence-corrected chi connectivity index (χ2v) is 5.12. The molecule has 1 aromatic carbocycles. The largest absolute Gasteiger partial charge is 0.493 e. The van der Waals surface area contributed by atoms with Crippen LogP contribution in [-0.2, 0) is 4.79 Å². The van der Waals surface area contributed by atoms with Crippen LogP contribution in [0.1, 0.15) is 26.2 Å². The first kappa shape index (κ1) is 15.6. The summed E-state index contributed by atoms with van der Waals surface area (Å²) < 4.78 is 10.4. The Morgan fingerprint density at radius 1 is 1.29 bits per heavy atom. The van der Waals surface area contributed by atoms with E-state index in [1.807, 2.05) is 0 Å². The fraction of sp³-hybridized carbons (Fsp3) is 0.533. The van der Waals surface area contributed by atoms with Crippen molar-refractivity contribution in [2.24, 2.45) is 0 Å². The Morgan fingerprint density at radius 2 is 2.05 bits per heavy atom. The number of hydrogen-bond donors (Lipinski definition) is 3. The molecule has 1 heterocycles. The van der Waals surface area contributed by atoms with Gasteiger partial charge in [0, 0.05) is 17.8 Å². The molecule has 2 unspecified atom stereocenters. The first-order chi connectivity index (χ1) is 10.2. The van der Waals surface area contributed by atoms with E-state index in [-0.39, 0.29) is 11.9 Å². The van der Waals surface area contributed by atoms with Crippen LogP contribution in [0, 0.1) is 0 Å². The van der Waals surface area contributed by atoms with Crippen LogP contribution in [0.3, 0.4) is 0 Å². The molecule has 0 radical (unpaired) electrons. The summed E-state index contributed by atoms with van der Waals surface area (Å²) in [6.45, 7) is 2.14. The molecule has 1 aliphatic rings. The lowest BCUT2D eigenvalue weighted by Gasteiger charge is -2.13. The third-order valence-electron chi connectivity index (χ3n) is 3.59. The summed E-state index contributed by atoms with van der Waals surface area (Å²) in [4.78, 5) is 12.2. The molecule has 0 saturated carbocycles. The van der Waals surface area contributed by atoms with Gasteiger partial charge in [-0.1, -0.05) is 13.3 Å². The minimum atomic E-state index is -0.213. The molecule has 2 rings (SSSR count). The smallest absolute Gasteiger partial charge is 0.242 e. The van der Waals surface area contributed by atoms with E-state index in [9.17, 15) is 4.79 Å². The topological polar surface area (TPSA) is 71.6 Å². The fourth-order valence-corrected chi connectivity index (χ4v) is 2.48. The second kappa shape index (κ2) is 7.28.